The Morgan fingerprint density at radius 1 is 1.55 bits per heavy atom. The maximum atomic E-state index is 12.0. The molecule has 0 aliphatic carbocycles. The molecule has 4 nitrogen and oxygen atoms in total. The maximum Gasteiger partial charge on any atom is 0.321 e. The van der Waals surface area contributed by atoms with Crippen LogP contribution in [0.1, 0.15) is 18.9 Å². The van der Waals surface area contributed by atoms with Crippen molar-refractivity contribution in [2.75, 3.05) is 25.2 Å². The second-order valence-electron chi connectivity index (χ2n) is 4.73. The van der Waals surface area contributed by atoms with Crippen molar-refractivity contribution in [2.24, 2.45) is 0 Å². The number of rotatable bonds is 6. The van der Waals surface area contributed by atoms with Crippen LogP contribution in [0.3, 0.4) is 0 Å². The van der Waals surface area contributed by atoms with Crippen molar-refractivity contribution in [1.29, 1.82) is 0 Å². The lowest BCUT2D eigenvalue weighted by Gasteiger charge is -2.19. The van der Waals surface area contributed by atoms with Gasteiger partial charge < -0.3 is 15.3 Å². The van der Waals surface area contributed by atoms with E-state index in [4.69, 9.17) is 11.6 Å². The molecule has 0 aliphatic heterocycles. The lowest BCUT2D eigenvalue weighted by Crippen LogP contribution is -2.33. The molecule has 112 valence electrons. The zero-order chi connectivity index (χ0) is 15.1. The van der Waals surface area contributed by atoms with Gasteiger partial charge in [0.1, 0.15) is 0 Å². The van der Waals surface area contributed by atoms with Crippen LogP contribution in [0, 0.1) is 0 Å². The molecule has 1 atom stereocenters. The number of anilines is 1. The summed E-state index contributed by atoms with van der Waals surface area (Å²) in [5, 5.41) is 12.8. The summed E-state index contributed by atoms with van der Waals surface area (Å²) in [4.78, 5) is 13.5. The van der Waals surface area contributed by atoms with Crippen molar-refractivity contribution in [3.05, 3.63) is 28.8 Å². The number of amides is 2. The van der Waals surface area contributed by atoms with Crippen LogP contribution < -0.4 is 5.32 Å². The fourth-order valence-corrected chi connectivity index (χ4v) is 2.43. The van der Waals surface area contributed by atoms with Crippen LogP contribution in [0.5, 0.6) is 0 Å². The van der Waals surface area contributed by atoms with E-state index in [0.717, 1.165) is 17.0 Å². The molecule has 0 fully saturated rings. The SMILES string of the molecule is CSCc1cc(NC(=O)N(C)CC[C@@H](C)O)ccc1Cl. The molecule has 0 spiro atoms. The van der Waals surface area contributed by atoms with E-state index in [-0.39, 0.29) is 6.03 Å². The Bertz CT molecular complexity index is 455. The van der Waals surface area contributed by atoms with Crippen LogP contribution in [0.2, 0.25) is 5.02 Å². The van der Waals surface area contributed by atoms with E-state index < -0.39 is 6.10 Å². The largest absolute Gasteiger partial charge is 0.393 e. The van der Waals surface area contributed by atoms with E-state index in [1.165, 1.54) is 0 Å². The van der Waals surface area contributed by atoms with Crippen LogP contribution >= 0.6 is 23.4 Å². The highest BCUT2D eigenvalue weighted by Gasteiger charge is 2.10. The third kappa shape index (κ3) is 5.61. The highest BCUT2D eigenvalue weighted by molar-refractivity contribution is 7.97. The molecule has 6 heteroatoms. The number of nitrogens with zero attached hydrogens (tertiary/aromatic N) is 1. The van der Waals surface area contributed by atoms with Gasteiger partial charge in [-0.1, -0.05) is 11.6 Å². The van der Waals surface area contributed by atoms with Gasteiger partial charge in [0, 0.05) is 30.1 Å². The second-order valence-corrected chi connectivity index (χ2v) is 6.00. The Morgan fingerprint density at radius 3 is 2.85 bits per heavy atom. The zero-order valence-corrected chi connectivity index (χ0v) is 13.6. The zero-order valence-electron chi connectivity index (χ0n) is 12.0. The van der Waals surface area contributed by atoms with E-state index in [0.29, 0.717) is 18.0 Å². The van der Waals surface area contributed by atoms with Crippen molar-refractivity contribution in [2.45, 2.75) is 25.2 Å². The minimum Gasteiger partial charge on any atom is -0.393 e. The predicted molar refractivity (Wildman–Crippen MR) is 86.6 cm³/mol. The number of carbonyl (C=O) groups is 1. The van der Waals surface area contributed by atoms with E-state index in [1.807, 2.05) is 12.3 Å². The van der Waals surface area contributed by atoms with Gasteiger partial charge >= 0.3 is 6.03 Å². The minimum atomic E-state index is -0.408. The first-order valence-electron chi connectivity index (χ1n) is 6.41. The normalized spacial score (nSPS) is 12.1. The molecule has 1 aromatic rings. The lowest BCUT2D eigenvalue weighted by molar-refractivity contribution is 0.167. The number of nitrogens with one attached hydrogen (secondary N) is 1. The molecule has 0 aliphatic rings. The number of benzene rings is 1. The quantitative estimate of drug-likeness (QED) is 0.845. The highest BCUT2D eigenvalue weighted by Crippen LogP contribution is 2.24. The molecule has 20 heavy (non-hydrogen) atoms. The summed E-state index contributed by atoms with van der Waals surface area (Å²) in [7, 11) is 1.70. The van der Waals surface area contributed by atoms with Gasteiger partial charge in [0.25, 0.3) is 0 Å². The number of carbonyl (C=O) groups excluding carboxylic acids is 1. The topological polar surface area (TPSA) is 52.6 Å². The first-order chi connectivity index (χ1) is 9.43. The molecule has 0 aromatic heterocycles. The number of hydrogen-bond donors (Lipinski definition) is 2. The fraction of sp³-hybridized carbons (Fsp3) is 0.500. The molecule has 1 aromatic carbocycles. The van der Waals surface area contributed by atoms with Gasteiger partial charge in [-0.15, -0.1) is 0 Å². The smallest absolute Gasteiger partial charge is 0.321 e. The van der Waals surface area contributed by atoms with Crippen molar-refractivity contribution < 1.29 is 9.90 Å². The monoisotopic (exact) mass is 316 g/mol. The third-order valence-electron chi connectivity index (χ3n) is 2.83. The Labute approximate surface area is 129 Å². The van der Waals surface area contributed by atoms with Crippen LogP contribution in [-0.4, -0.2) is 42.0 Å². The van der Waals surface area contributed by atoms with Gasteiger partial charge in [0.05, 0.1) is 6.10 Å². The van der Waals surface area contributed by atoms with E-state index in [2.05, 4.69) is 5.32 Å². The Balaban J connectivity index is 2.63. The number of halogens is 1. The van der Waals surface area contributed by atoms with Gasteiger partial charge in [-0.05, 0) is 43.4 Å². The lowest BCUT2D eigenvalue weighted by atomic mass is 10.2. The summed E-state index contributed by atoms with van der Waals surface area (Å²) < 4.78 is 0. The summed E-state index contributed by atoms with van der Waals surface area (Å²) >= 11 is 7.77. The van der Waals surface area contributed by atoms with E-state index >= 15 is 0 Å². The van der Waals surface area contributed by atoms with Crippen LogP contribution in [0.4, 0.5) is 10.5 Å². The molecule has 0 unspecified atom stereocenters. The number of urea groups is 1. The molecule has 2 N–H and O–H groups in total. The molecule has 1 rings (SSSR count). The van der Waals surface area contributed by atoms with Gasteiger partial charge in [-0.3, -0.25) is 0 Å². The van der Waals surface area contributed by atoms with E-state index in [1.54, 1.807) is 42.8 Å². The Morgan fingerprint density at radius 2 is 2.25 bits per heavy atom. The Hall–Kier alpha value is -0.910. The highest BCUT2D eigenvalue weighted by atomic mass is 35.5. The number of hydrogen-bond acceptors (Lipinski definition) is 3. The van der Waals surface area contributed by atoms with Crippen molar-refractivity contribution in [3.8, 4) is 0 Å². The Kier molecular flexibility index (Phi) is 7.19. The third-order valence-corrected chi connectivity index (χ3v) is 3.79. The van der Waals surface area contributed by atoms with Crippen molar-refractivity contribution in [1.82, 2.24) is 4.90 Å². The number of aliphatic hydroxyl groups is 1. The molecule has 0 saturated heterocycles. The average molecular weight is 317 g/mol. The van der Waals surface area contributed by atoms with Crippen LogP contribution in [0.15, 0.2) is 18.2 Å². The number of aliphatic hydroxyl groups excluding tert-OH is 1. The average Bonchev–Trinajstić information content (AvgIpc) is 2.40. The first kappa shape index (κ1) is 17.1. The molecule has 0 radical (unpaired) electrons. The molecule has 0 heterocycles. The van der Waals surface area contributed by atoms with Crippen LogP contribution in [0.25, 0.3) is 0 Å². The molecule has 0 bridgehead atoms. The predicted octanol–water partition coefficient (Wildman–Crippen LogP) is 3.44. The van der Waals surface area contributed by atoms with Gasteiger partial charge in [0.2, 0.25) is 0 Å². The number of thioether (sulfide) groups is 1. The minimum absolute atomic E-state index is 0.192. The van der Waals surface area contributed by atoms with Gasteiger partial charge in [0.15, 0.2) is 0 Å². The van der Waals surface area contributed by atoms with E-state index in [9.17, 15) is 9.90 Å². The van der Waals surface area contributed by atoms with Gasteiger partial charge in [-0.2, -0.15) is 11.8 Å². The standard InChI is InChI=1S/C14H21ClN2O2S/c1-10(18)6-7-17(2)14(19)16-12-4-5-13(15)11(8-12)9-20-3/h4-5,8,10,18H,6-7,9H2,1-3H3,(H,16,19)/t10-/m1/s1. The first-order valence-corrected chi connectivity index (χ1v) is 8.18. The summed E-state index contributed by atoms with van der Waals surface area (Å²) in [5.41, 5.74) is 1.73. The molecule has 2 amide bonds. The maximum absolute atomic E-state index is 12.0. The summed E-state index contributed by atoms with van der Waals surface area (Å²) in [6.07, 6.45) is 2.15. The summed E-state index contributed by atoms with van der Waals surface area (Å²) in [6, 6.07) is 5.27. The van der Waals surface area contributed by atoms with Crippen LogP contribution in [-0.2, 0) is 5.75 Å². The fourth-order valence-electron chi connectivity index (χ4n) is 1.62. The van der Waals surface area contributed by atoms with Crippen molar-refractivity contribution >= 4 is 35.1 Å². The van der Waals surface area contributed by atoms with Crippen molar-refractivity contribution in [3.63, 3.8) is 0 Å². The molecular formula is C14H21ClN2O2S. The second kappa shape index (κ2) is 8.39. The molecule has 0 saturated carbocycles. The van der Waals surface area contributed by atoms with Gasteiger partial charge in [-0.25, -0.2) is 4.79 Å². The summed E-state index contributed by atoms with van der Waals surface area (Å²) in [6.45, 7) is 2.22. The summed E-state index contributed by atoms with van der Waals surface area (Å²) in [5.74, 6) is 0.806. The molecular weight excluding hydrogens is 296 g/mol.